The Morgan fingerprint density at radius 3 is 1.98 bits per heavy atom. The summed E-state index contributed by atoms with van der Waals surface area (Å²) in [7, 11) is 0. The molecule has 1 heterocycles. The molecule has 9 nitrogen and oxygen atoms in total. The second-order valence-electron chi connectivity index (χ2n) is 12.5. The predicted octanol–water partition coefficient (Wildman–Crippen LogP) is 5.45. The average Bonchev–Trinajstić information content (AvgIpc) is 3.46. The number of unbranched alkanes of at least 4 members (excludes halogenated alkanes) is 11. The fourth-order valence-electron chi connectivity index (χ4n) is 5.52. The Hall–Kier alpha value is -2.55. The van der Waals surface area contributed by atoms with Crippen LogP contribution < -0.4 is 11.1 Å². The Morgan fingerprint density at radius 1 is 0.884 bits per heavy atom. The zero-order chi connectivity index (χ0) is 32.2. The van der Waals surface area contributed by atoms with Gasteiger partial charge < -0.3 is 20.7 Å². The third-order valence-corrected chi connectivity index (χ3v) is 8.24. The van der Waals surface area contributed by atoms with Crippen LogP contribution in [0.25, 0.3) is 0 Å². The lowest BCUT2D eigenvalue weighted by atomic mass is 10.0. The average molecular weight is 605 g/mol. The van der Waals surface area contributed by atoms with Crippen LogP contribution in [0.5, 0.6) is 0 Å². The highest BCUT2D eigenvalue weighted by Gasteiger charge is 2.42. The minimum absolute atomic E-state index is 0.183. The number of hydrogen-bond donors (Lipinski definition) is 2. The molecule has 3 N–H and O–H groups in total. The lowest BCUT2D eigenvalue weighted by molar-refractivity contribution is -0.156. The van der Waals surface area contributed by atoms with Crippen LogP contribution in [0.1, 0.15) is 137 Å². The molecular weight excluding hydrogens is 544 g/mol. The van der Waals surface area contributed by atoms with Gasteiger partial charge in [-0.15, -0.1) is 0 Å². The number of allylic oxidation sites excluding steroid dienone is 2. The van der Waals surface area contributed by atoms with E-state index in [9.17, 15) is 24.0 Å². The Bertz CT molecular complexity index is 888. The van der Waals surface area contributed by atoms with Crippen molar-refractivity contribution >= 4 is 29.9 Å². The highest BCUT2D eigenvalue weighted by Crippen LogP contribution is 2.24. The van der Waals surface area contributed by atoms with Crippen LogP contribution in [0, 0.1) is 5.92 Å². The van der Waals surface area contributed by atoms with E-state index in [0.717, 1.165) is 43.4 Å². The molecule has 4 amide bonds. The number of nitrogens with two attached hydrogens (primary N) is 1. The van der Waals surface area contributed by atoms with E-state index < -0.39 is 41.9 Å². The van der Waals surface area contributed by atoms with E-state index in [0.29, 0.717) is 32.1 Å². The van der Waals surface area contributed by atoms with E-state index in [4.69, 9.17) is 5.73 Å². The van der Waals surface area contributed by atoms with Gasteiger partial charge in [-0.25, -0.2) is 0 Å². The third-order valence-electron chi connectivity index (χ3n) is 8.24. The van der Waals surface area contributed by atoms with Crippen LogP contribution in [-0.2, 0) is 24.0 Å². The molecule has 0 spiro atoms. The molecule has 1 aliphatic heterocycles. The van der Waals surface area contributed by atoms with Crippen LogP contribution in [-0.4, -0.2) is 70.4 Å². The van der Waals surface area contributed by atoms with Gasteiger partial charge in [0.05, 0.1) is 12.1 Å². The van der Waals surface area contributed by atoms with Gasteiger partial charge in [0.1, 0.15) is 18.4 Å². The standard InChI is InChI=1S/C34H60N4O5/c1-6-7-8-9-10-11-12-13-14-15-16-17-18-19-20-23-31(40)38(30(25-39)26(2)3)34(43)29-22-21-24-37(29)33(42)28(5)36-32(41)27(4)35/h13-14,25-30H,6-12,15-24,35H2,1-5H3,(H,36,41)/b14-13-/t27-,28-,29-,30+/m0/s1. The number of carbonyl (C=O) groups excluding carboxylic acids is 5. The van der Waals surface area contributed by atoms with Crippen molar-refractivity contribution in [2.24, 2.45) is 11.7 Å². The summed E-state index contributed by atoms with van der Waals surface area (Å²) in [5, 5.41) is 2.58. The second kappa shape index (κ2) is 22.0. The maximum absolute atomic E-state index is 13.8. The Labute approximate surface area is 260 Å². The van der Waals surface area contributed by atoms with Gasteiger partial charge in [-0.05, 0) is 64.7 Å². The maximum Gasteiger partial charge on any atom is 0.252 e. The first-order valence-electron chi connectivity index (χ1n) is 16.9. The number of carbonyl (C=O) groups is 5. The summed E-state index contributed by atoms with van der Waals surface area (Å²) in [6.45, 7) is 9.28. The van der Waals surface area contributed by atoms with E-state index >= 15 is 0 Å². The number of nitrogens with one attached hydrogen (secondary N) is 1. The summed E-state index contributed by atoms with van der Waals surface area (Å²) in [5.74, 6) is -2.00. The van der Waals surface area contributed by atoms with E-state index in [1.54, 1.807) is 20.8 Å². The van der Waals surface area contributed by atoms with Gasteiger partial charge in [-0.2, -0.15) is 0 Å². The molecule has 1 fully saturated rings. The van der Waals surface area contributed by atoms with Crippen LogP contribution in [0.15, 0.2) is 12.2 Å². The van der Waals surface area contributed by atoms with Crippen LogP contribution >= 0.6 is 0 Å². The quantitative estimate of drug-likeness (QED) is 0.0961. The molecule has 0 radical (unpaired) electrons. The molecule has 1 rings (SSSR count). The van der Waals surface area contributed by atoms with Crippen molar-refractivity contribution in [2.75, 3.05) is 6.54 Å². The van der Waals surface area contributed by atoms with Gasteiger partial charge in [0.15, 0.2) is 0 Å². The number of likely N-dealkylation sites (tertiary alicyclic amines) is 1. The summed E-state index contributed by atoms with van der Waals surface area (Å²) in [5.41, 5.74) is 5.61. The topological polar surface area (TPSA) is 130 Å². The smallest absolute Gasteiger partial charge is 0.252 e. The Kier molecular flexibility index (Phi) is 19.7. The van der Waals surface area contributed by atoms with Gasteiger partial charge in [-0.3, -0.25) is 24.1 Å². The molecular formula is C34H60N4O5. The van der Waals surface area contributed by atoms with Crippen molar-refractivity contribution in [1.82, 2.24) is 15.1 Å². The lowest BCUT2D eigenvalue weighted by Gasteiger charge is -2.34. The van der Waals surface area contributed by atoms with E-state index in [1.807, 2.05) is 0 Å². The van der Waals surface area contributed by atoms with E-state index in [-0.39, 0.29) is 18.2 Å². The molecule has 1 saturated heterocycles. The van der Waals surface area contributed by atoms with Gasteiger partial charge >= 0.3 is 0 Å². The lowest BCUT2D eigenvalue weighted by Crippen LogP contribution is -2.58. The first-order chi connectivity index (χ1) is 20.6. The van der Waals surface area contributed by atoms with Gasteiger partial charge in [-0.1, -0.05) is 84.3 Å². The van der Waals surface area contributed by atoms with Gasteiger partial charge in [0.25, 0.3) is 5.91 Å². The molecule has 0 unspecified atom stereocenters. The molecule has 246 valence electrons. The maximum atomic E-state index is 13.8. The van der Waals surface area contributed by atoms with Crippen molar-refractivity contribution in [3.8, 4) is 0 Å². The molecule has 0 aliphatic carbocycles. The van der Waals surface area contributed by atoms with E-state index in [1.165, 1.54) is 50.3 Å². The minimum atomic E-state index is -0.893. The van der Waals surface area contributed by atoms with Gasteiger partial charge in [0, 0.05) is 13.0 Å². The fraction of sp³-hybridized carbons (Fsp3) is 0.794. The Morgan fingerprint density at radius 2 is 1.44 bits per heavy atom. The van der Waals surface area contributed by atoms with Crippen molar-refractivity contribution in [3.05, 3.63) is 12.2 Å². The van der Waals surface area contributed by atoms with Crippen LogP contribution in [0.4, 0.5) is 0 Å². The number of amides is 4. The Balaban J connectivity index is 2.59. The molecule has 0 saturated carbocycles. The molecule has 0 aromatic carbocycles. The summed E-state index contributed by atoms with van der Waals surface area (Å²) in [6.07, 6.45) is 21.4. The number of rotatable bonds is 22. The molecule has 1 aliphatic rings. The SMILES string of the molecule is CCCCCCCC/C=C\CCCCCCCC(=O)N(C(=O)[C@@H]1CCCN1C(=O)[C@H](C)NC(=O)[C@H](C)N)[C@H](C=O)C(C)C. The van der Waals surface area contributed by atoms with Crippen molar-refractivity contribution in [2.45, 2.75) is 162 Å². The summed E-state index contributed by atoms with van der Waals surface area (Å²) in [6, 6.07) is -3.37. The molecule has 43 heavy (non-hydrogen) atoms. The van der Waals surface area contributed by atoms with Crippen LogP contribution in [0.3, 0.4) is 0 Å². The molecule has 4 atom stereocenters. The van der Waals surface area contributed by atoms with Crippen LogP contribution in [0.2, 0.25) is 0 Å². The number of hydrogen-bond acceptors (Lipinski definition) is 6. The third kappa shape index (κ3) is 14.2. The molecule has 0 aromatic rings. The molecule has 0 aromatic heterocycles. The monoisotopic (exact) mass is 604 g/mol. The minimum Gasteiger partial charge on any atom is -0.343 e. The second-order valence-corrected chi connectivity index (χ2v) is 12.5. The van der Waals surface area contributed by atoms with Crippen molar-refractivity contribution in [1.29, 1.82) is 0 Å². The largest absolute Gasteiger partial charge is 0.343 e. The highest BCUT2D eigenvalue weighted by atomic mass is 16.2. The highest BCUT2D eigenvalue weighted by molar-refractivity contribution is 6.02. The van der Waals surface area contributed by atoms with E-state index in [2.05, 4.69) is 24.4 Å². The molecule has 9 heteroatoms. The summed E-state index contributed by atoms with van der Waals surface area (Å²) in [4.78, 5) is 66.9. The summed E-state index contributed by atoms with van der Waals surface area (Å²) < 4.78 is 0. The number of aldehydes is 1. The van der Waals surface area contributed by atoms with Gasteiger partial charge in [0.2, 0.25) is 17.7 Å². The first kappa shape index (κ1) is 38.5. The normalized spacial score (nSPS) is 17.2. The van der Waals surface area contributed by atoms with Crippen molar-refractivity contribution < 1.29 is 24.0 Å². The number of imide groups is 1. The summed E-state index contributed by atoms with van der Waals surface area (Å²) >= 11 is 0. The zero-order valence-corrected chi connectivity index (χ0v) is 27.7. The fourth-order valence-corrected chi connectivity index (χ4v) is 5.52. The first-order valence-corrected chi connectivity index (χ1v) is 16.9. The van der Waals surface area contributed by atoms with Crippen molar-refractivity contribution in [3.63, 3.8) is 0 Å². The molecule has 0 bridgehead atoms. The number of nitrogens with zero attached hydrogens (tertiary/aromatic N) is 2. The predicted molar refractivity (Wildman–Crippen MR) is 172 cm³/mol. The zero-order valence-electron chi connectivity index (χ0n) is 27.7.